The van der Waals surface area contributed by atoms with E-state index in [-0.39, 0.29) is 31.5 Å². The molecule has 12 heteroatoms. The zero-order valence-electron chi connectivity index (χ0n) is 21.1. The molecular formula is C25H33BF2N4O5. The number of benzene rings is 1. The molecule has 0 spiro atoms. The van der Waals surface area contributed by atoms with Gasteiger partial charge in [0.05, 0.1) is 19.0 Å². The number of rotatable bonds is 8. The van der Waals surface area contributed by atoms with Crippen LogP contribution in [-0.2, 0) is 16.0 Å². The first-order valence-corrected chi connectivity index (χ1v) is 12.3. The van der Waals surface area contributed by atoms with Crippen molar-refractivity contribution in [3.63, 3.8) is 0 Å². The van der Waals surface area contributed by atoms with E-state index < -0.39 is 49.2 Å². The van der Waals surface area contributed by atoms with Crippen LogP contribution in [-0.4, -0.2) is 88.7 Å². The molecule has 0 bridgehead atoms. The maximum atomic E-state index is 13.7. The Hall–Kier alpha value is -3.01. The quantitative estimate of drug-likeness (QED) is 0.273. The fourth-order valence-corrected chi connectivity index (χ4v) is 4.64. The van der Waals surface area contributed by atoms with E-state index in [0.29, 0.717) is 19.4 Å². The van der Waals surface area contributed by atoms with Crippen LogP contribution in [0.2, 0.25) is 0 Å². The van der Waals surface area contributed by atoms with Crippen molar-refractivity contribution in [2.45, 2.75) is 63.0 Å². The number of nitrogens with one attached hydrogen (secondary N) is 1. The van der Waals surface area contributed by atoms with E-state index in [1.54, 1.807) is 43.0 Å². The molecule has 2 aliphatic heterocycles. The molecule has 1 aromatic rings. The summed E-state index contributed by atoms with van der Waals surface area (Å²) < 4.78 is 32.8. The van der Waals surface area contributed by atoms with Crippen LogP contribution in [0.5, 0.6) is 0 Å². The maximum Gasteiger partial charge on any atom is 0.475 e. The summed E-state index contributed by atoms with van der Waals surface area (Å²) >= 11 is 0. The molecule has 2 aliphatic rings. The fourth-order valence-electron chi connectivity index (χ4n) is 4.64. The molecule has 3 N–H and O–H groups in total. The predicted octanol–water partition coefficient (Wildman–Crippen LogP) is 1.90. The van der Waals surface area contributed by atoms with Gasteiger partial charge in [0.1, 0.15) is 17.7 Å². The fraction of sp³-hybridized carbons (Fsp3) is 0.560. The molecule has 3 rings (SSSR count). The van der Waals surface area contributed by atoms with Crippen molar-refractivity contribution in [1.82, 2.24) is 15.1 Å². The number of alkyl carbamates (subject to hydrolysis) is 1. The first-order valence-electron chi connectivity index (χ1n) is 12.3. The van der Waals surface area contributed by atoms with Crippen molar-refractivity contribution in [3.8, 4) is 6.07 Å². The van der Waals surface area contributed by atoms with Crippen molar-refractivity contribution < 1.29 is 33.2 Å². The molecule has 2 fully saturated rings. The minimum absolute atomic E-state index is 0.0541. The van der Waals surface area contributed by atoms with E-state index >= 15 is 0 Å². The Labute approximate surface area is 215 Å². The van der Waals surface area contributed by atoms with E-state index in [2.05, 4.69) is 5.32 Å². The van der Waals surface area contributed by atoms with Crippen LogP contribution >= 0.6 is 0 Å². The molecule has 2 atom stereocenters. The van der Waals surface area contributed by atoms with Gasteiger partial charge < -0.3 is 25.0 Å². The molecule has 2 saturated heterocycles. The zero-order valence-corrected chi connectivity index (χ0v) is 21.1. The minimum Gasteiger partial charge on any atom is -0.444 e. The second-order valence-electron chi connectivity index (χ2n) is 10.1. The van der Waals surface area contributed by atoms with Gasteiger partial charge in [0.2, 0.25) is 0 Å². The number of amides is 2. The molecule has 200 valence electrons. The highest BCUT2D eigenvalue weighted by molar-refractivity contribution is 6.43. The topological polar surface area (TPSA) is 126 Å². The van der Waals surface area contributed by atoms with Gasteiger partial charge in [-0.05, 0) is 44.7 Å². The predicted molar refractivity (Wildman–Crippen MR) is 132 cm³/mol. The lowest BCUT2D eigenvalue weighted by atomic mass is 9.76. The third-order valence-corrected chi connectivity index (χ3v) is 6.73. The molecular weight excluding hydrogens is 485 g/mol. The Kier molecular flexibility index (Phi) is 9.28. The van der Waals surface area contributed by atoms with Gasteiger partial charge in [0.15, 0.2) is 0 Å². The number of piperidine rings is 1. The van der Waals surface area contributed by atoms with Crippen molar-refractivity contribution >= 4 is 19.1 Å². The number of halogens is 2. The van der Waals surface area contributed by atoms with Crippen LogP contribution in [0.15, 0.2) is 42.0 Å². The van der Waals surface area contributed by atoms with Gasteiger partial charge in [0.25, 0.3) is 11.8 Å². The highest BCUT2D eigenvalue weighted by Crippen LogP contribution is 2.33. The van der Waals surface area contributed by atoms with Crippen molar-refractivity contribution in [2.24, 2.45) is 0 Å². The second kappa shape index (κ2) is 12.0. The number of carbonyl (C=O) groups is 2. The molecule has 37 heavy (non-hydrogen) atoms. The molecule has 9 nitrogen and oxygen atoms in total. The Morgan fingerprint density at radius 2 is 2.03 bits per heavy atom. The van der Waals surface area contributed by atoms with Crippen molar-refractivity contribution in [1.29, 1.82) is 5.26 Å². The van der Waals surface area contributed by atoms with Crippen LogP contribution in [0.3, 0.4) is 0 Å². The van der Waals surface area contributed by atoms with E-state index in [4.69, 9.17) is 4.74 Å². The number of nitrogens with zero attached hydrogens (tertiary/aromatic N) is 3. The first kappa shape index (κ1) is 28.6. The monoisotopic (exact) mass is 518 g/mol. The standard InChI is InChI=1S/C25H33BF2N4O5/c1-24(2,32-12-10-25(27,28)17-32)14-19(15-29)22(33)31-11-6-9-20(16-31)37-23(34)30-21(26(35)36)13-18-7-4-3-5-8-18/h3-5,7-8,14,20-21,35-36H,6,9-13,16-17H2,1-2H3,(H,30,34)/t20-,21+/m1/s1. The van der Waals surface area contributed by atoms with E-state index in [1.165, 1.54) is 11.0 Å². The van der Waals surface area contributed by atoms with Crippen LogP contribution in [0.25, 0.3) is 0 Å². The number of hydrogen-bond acceptors (Lipinski definition) is 7. The van der Waals surface area contributed by atoms with E-state index in [0.717, 1.165) is 5.56 Å². The average Bonchev–Trinajstić information content (AvgIpc) is 3.23. The normalized spacial score (nSPS) is 21.2. The molecule has 2 amide bonds. The maximum absolute atomic E-state index is 13.7. The van der Waals surface area contributed by atoms with Crippen molar-refractivity contribution in [2.75, 3.05) is 26.2 Å². The number of likely N-dealkylation sites (tertiary alicyclic amines) is 2. The third-order valence-electron chi connectivity index (χ3n) is 6.73. The summed E-state index contributed by atoms with van der Waals surface area (Å²) in [5.41, 5.74) is -0.283. The van der Waals surface area contributed by atoms with E-state index in [1.807, 2.05) is 12.1 Å². The van der Waals surface area contributed by atoms with Crippen LogP contribution in [0.4, 0.5) is 13.6 Å². The van der Waals surface area contributed by atoms with Gasteiger partial charge in [-0.15, -0.1) is 0 Å². The Morgan fingerprint density at radius 1 is 1.32 bits per heavy atom. The second-order valence-corrected chi connectivity index (χ2v) is 10.1. The summed E-state index contributed by atoms with van der Waals surface area (Å²) in [6.45, 7) is 3.50. The van der Waals surface area contributed by atoms with Gasteiger partial charge >= 0.3 is 13.2 Å². The first-order chi connectivity index (χ1) is 17.4. The number of hydrogen-bond donors (Lipinski definition) is 3. The highest BCUT2D eigenvalue weighted by Gasteiger charge is 2.43. The lowest BCUT2D eigenvalue weighted by Crippen LogP contribution is -2.50. The summed E-state index contributed by atoms with van der Waals surface area (Å²) in [7, 11) is -1.81. The van der Waals surface area contributed by atoms with Crippen LogP contribution in [0, 0.1) is 11.3 Å². The Bertz CT molecular complexity index is 1030. The molecule has 0 radical (unpaired) electrons. The third kappa shape index (κ3) is 7.99. The van der Waals surface area contributed by atoms with Gasteiger partial charge in [-0.1, -0.05) is 30.3 Å². The SMILES string of the molecule is CC(C)(C=C(C#N)C(=O)N1CCC[C@@H](OC(=O)N[C@@H](Cc2ccccc2)B(O)O)C1)N1CCC(F)(F)C1. The lowest BCUT2D eigenvalue weighted by molar-refractivity contribution is -0.129. The van der Waals surface area contributed by atoms with Crippen LogP contribution in [0.1, 0.15) is 38.7 Å². The van der Waals surface area contributed by atoms with E-state index in [9.17, 15) is 33.7 Å². The van der Waals surface area contributed by atoms with Crippen molar-refractivity contribution in [3.05, 3.63) is 47.5 Å². The lowest BCUT2D eigenvalue weighted by Gasteiger charge is -2.35. The summed E-state index contributed by atoms with van der Waals surface area (Å²) in [5, 5.41) is 31.5. The van der Waals surface area contributed by atoms with Gasteiger partial charge in [-0.3, -0.25) is 9.69 Å². The van der Waals surface area contributed by atoms with Gasteiger partial charge in [-0.25, -0.2) is 13.6 Å². The Balaban J connectivity index is 1.59. The largest absolute Gasteiger partial charge is 0.475 e. The number of ether oxygens (including phenoxy) is 1. The molecule has 0 aliphatic carbocycles. The number of nitriles is 1. The Morgan fingerprint density at radius 3 is 2.62 bits per heavy atom. The summed E-state index contributed by atoms with van der Waals surface area (Å²) in [6.07, 6.45) is 0.842. The summed E-state index contributed by atoms with van der Waals surface area (Å²) in [4.78, 5) is 28.5. The smallest absolute Gasteiger partial charge is 0.444 e. The molecule has 0 unspecified atom stereocenters. The van der Waals surface area contributed by atoms with Crippen LogP contribution < -0.4 is 5.32 Å². The molecule has 2 heterocycles. The number of alkyl halides is 2. The molecule has 1 aromatic carbocycles. The minimum atomic E-state index is -2.80. The summed E-state index contributed by atoms with van der Waals surface area (Å²) in [6, 6.07) is 10.9. The zero-order chi connectivity index (χ0) is 27.2. The number of carbonyl (C=O) groups excluding carboxylic acids is 2. The highest BCUT2D eigenvalue weighted by atomic mass is 19.3. The molecule has 0 aromatic heterocycles. The molecule has 0 saturated carbocycles. The van der Waals surface area contributed by atoms with Gasteiger partial charge in [-0.2, -0.15) is 5.26 Å². The van der Waals surface area contributed by atoms with Gasteiger partial charge in [0, 0.05) is 25.0 Å². The summed E-state index contributed by atoms with van der Waals surface area (Å²) in [5.74, 6) is -4.35. The average molecular weight is 518 g/mol.